The highest BCUT2D eigenvalue weighted by Crippen LogP contribution is 2.43. The molecule has 0 atom stereocenters. The van der Waals surface area contributed by atoms with Crippen molar-refractivity contribution in [2.45, 2.75) is 13.8 Å². The van der Waals surface area contributed by atoms with Crippen LogP contribution in [0.25, 0.3) is 21.6 Å². The Bertz CT molecular complexity index is 913. The lowest BCUT2D eigenvalue weighted by atomic mass is 9.97. The first-order chi connectivity index (χ1) is 12.1. The van der Waals surface area contributed by atoms with Crippen LogP contribution in [0.1, 0.15) is 17.4 Å². The van der Waals surface area contributed by atoms with Crippen molar-refractivity contribution in [3.05, 3.63) is 71.1 Å². The van der Waals surface area contributed by atoms with Gasteiger partial charge in [0, 0.05) is 10.4 Å². The quantitative estimate of drug-likeness (QED) is 0.391. The van der Waals surface area contributed by atoms with Crippen LogP contribution in [0.5, 0.6) is 0 Å². The van der Waals surface area contributed by atoms with Crippen molar-refractivity contribution in [1.29, 1.82) is 0 Å². The highest BCUT2D eigenvalue weighted by atomic mass is 32.1. The second kappa shape index (κ2) is 7.59. The van der Waals surface area contributed by atoms with Crippen molar-refractivity contribution in [2.24, 2.45) is 10.8 Å². The van der Waals surface area contributed by atoms with Crippen molar-refractivity contribution in [2.75, 3.05) is 0 Å². The summed E-state index contributed by atoms with van der Waals surface area (Å²) in [6.07, 6.45) is 0. The highest BCUT2D eigenvalue weighted by Gasteiger charge is 2.19. The van der Waals surface area contributed by atoms with Gasteiger partial charge in [-0.2, -0.15) is 5.10 Å². The topological polar surface area (TPSA) is 50.4 Å². The normalized spacial score (nSPS) is 11.4. The number of nitrogens with two attached hydrogens (primary N) is 1. The summed E-state index contributed by atoms with van der Waals surface area (Å²) in [7, 11) is 0. The van der Waals surface area contributed by atoms with Crippen LogP contribution in [-0.4, -0.2) is 10.8 Å². The number of thiocarbonyl (C=S) groups is 1. The van der Waals surface area contributed by atoms with Crippen molar-refractivity contribution in [3.8, 4) is 21.6 Å². The summed E-state index contributed by atoms with van der Waals surface area (Å²) in [5, 5.41) is 4.47. The predicted octanol–water partition coefficient (Wildman–Crippen LogP) is 4.95. The van der Waals surface area contributed by atoms with Gasteiger partial charge in [0.05, 0.1) is 10.6 Å². The molecule has 3 N–H and O–H groups in total. The van der Waals surface area contributed by atoms with Crippen LogP contribution in [0.15, 0.2) is 65.8 Å². The van der Waals surface area contributed by atoms with Crippen molar-refractivity contribution < 1.29 is 0 Å². The number of nitrogens with one attached hydrogen (secondary N) is 1. The first kappa shape index (κ1) is 17.3. The summed E-state index contributed by atoms with van der Waals surface area (Å²) in [6, 6.07) is 20.9. The summed E-state index contributed by atoms with van der Waals surface area (Å²) in [6.45, 7) is 4.11. The molecule has 1 heterocycles. The van der Waals surface area contributed by atoms with Gasteiger partial charge in [-0.25, -0.2) is 0 Å². The fourth-order valence-corrected chi connectivity index (χ4v) is 4.12. The molecule has 2 aromatic carbocycles. The van der Waals surface area contributed by atoms with Gasteiger partial charge < -0.3 is 5.73 Å². The average molecular weight is 366 g/mol. The van der Waals surface area contributed by atoms with Gasteiger partial charge in [-0.05, 0) is 42.8 Å². The SMILES string of the molecule is C/C(=N\NC(N)=S)c1sc(-c2ccccc2)c(-c2ccccc2)c1C. The summed E-state index contributed by atoms with van der Waals surface area (Å²) in [5.74, 6) is 0. The van der Waals surface area contributed by atoms with Crippen LogP contribution in [0, 0.1) is 6.92 Å². The van der Waals surface area contributed by atoms with E-state index >= 15 is 0 Å². The highest BCUT2D eigenvalue weighted by molar-refractivity contribution is 7.80. The zero-order valence-electron chi connectivity index (χ0n) is 14.1. The van der Waals surface area contributed by atoms with Gasteiger partial charge in [0.2, 0.25) is 0 Å². The van der Waals surface area contributed by atoms with E-state index in [1.165, 1.54) is 27.1 Å². The van der Waals surface area contributed by atoms with Crippen LogP contribution in [-0.2, 0) is 0 Å². The lowest BCUT2D eigenvalue weighted by Crippen LogP contribution is -2.25. The molecule has 0 saturated heterocycles. The minimum Gasteiger partial charge on any atom is -0.375 e. The zero-order chi connectivity index (χ0) is 17.8. The first-order valence-electron chi connectivity index (χ1n) is 7.92. The number of thiophene rings is 1. The fourth-order valence-electron chi connectivity index (χ4n) is 2.79. The molecule has 3 aromatic rings. The molecule has 0 spiro atoms. The Morgan fingerprint density at radius 1 is 1.00 bits per heavy atom. The Morgan fingerprint density at radius 2 is 1.56 bits per heavy atom. The molecular formula is C20H19N3S2. The Balaban J connectivity index is 2.19. The van der Waals surface area contributed by atoms with Gasteiger partial charge in [-0.1, -0.05) is 60.7 Å². The van der Waals surface area contributed by atoms with Crippen LogP contribution in [0.3, 0.4) is 0 Å². The van der Waals surface area contributed by atoms with Gasteiger partial charge >= 0.3 is 0 Å². The van der Waals surface area contributed by atoms with Gasteiger partial charge in [0.25, 0.3) is 0 Å². The third-order valence-electron chi connectivity index (χ3n) is 3.91. The molecule has 0 amide bonds. The predicted molar refractivity (Wildman–Crippen MR) is 112 cm³/mol. The van der Waals surface area contributed by atoms with E-state index in [9.17, 15) is 0 Å². The van der Waals surface area contributed by atoms with Gasteiger partial charge in [-0.3, -0.25) is 5.43 Å². The fraction of sp³-hybridized carbons (Fsp3) is 0.100. The minimum atomic E-state index is 0.167. The zero-order valence-corrected chi connectivity index (χ0v) is 15.7. The van der Waals surface area contributed by atoms with Crippen molar-refractivity contribution in [1.82, 2.24) is 5.43 Å². The van der Waals surface area contributed by atoms with E-state index in [-0.39, 0.29) is 5.11 Å². The van der Waals surface area contributed by atoms with Crippen LogP contribution < -0.4 is 11.2 Å². The molecule has 5 heteroatoms. The van der Waals surface area contributed by atoms with Gasteiger partial charge in [-0.15, -0.1) is 11.3 Å². The molecule has 0 aliphatic heterocycles. The van der Waals surface area contributed by atoms with Crippen molar-refractivity contribution >= 4 is 34.4 Å². The molecule has 0 unspecified atom stereocenters. The van der Waals surface area contributed by atoms with Crippen LogP contribution in [0.2, 0.25) is 0 Å². The Morgan fingerprint density at radius 3 is 2.12 bits per heavy atom. The maximum atomic E-state index is 5.49. The summed E-state index contributed by atoms with van der Waals surface area (Å²) >= 11 is 6.58. The van der Waals surface area contributed by atoms with Gasteiger partial charge in [0.15, 0.2) is 5.11 Å². The number of hydrogen-bond donors (Lipinski definition) is 2. The van der Waals surface area contributed by atoms with E-state index in [0.717, 1.165) is 10.6 Å². The minimum absolute atomic E-state index is 0.167. The molecule has 0 radical (unpaired) electrons. The summed E-state index contributed by atoms with van der Waals surface area (Å²) in [5.41, 5.74) is 13.9. The average Bonchev–Trinajstić information content (AvgIpc) is 2.98. The van der Waals surface area contributed by atoms with E-state index in [2.05, 4.69) is 66.0 Å². The lowest BCUT2D eigenvalue weighted by Gasteiger charge is -2.06. The van der Waals surface area contributed by atoms with Crippen LogP contribution >= 0.6 is 23.6 Å². The van der Waals surface area contributed by atoms with E-state index in [4.69, 9.17) is 18.0 Å². The molecule has 0 saturated carbocycles. The number of benzene rings is 2. The van der Waals surface area contributed by atoms with E-state index < -0.39 is 0 Å². The lowest BCUT2D eigenvalue weighted by molar-refractivity contribution is 1.03. The maximum Gasteiger partial charge on any atom is 0.184 e. The molecular weight excluding hydrogens is 346 g/mol. The summed E-state index contributed by atoms with van der Waals surface area (Å²) in [4.78, 5) is 2.37. The number of nitrogens with zero attached hydrogens (tertiary/aromatic N) is 1. The molecule has 1 aromatic heterocycles. The smallest absolute Gasteiger partial charge is 0.184 e. The van der Waals surface area contributed by atoms with Crippen molar-refractivity contribution in [3.63, 3.8) is 0 Å². The van der Waals surface area contributed by atoms with E-state index in [1.807, 2.05) is 19.1 Å². The number of hydrazone groups is 1. The first-order valence-corrected chi connectivity index (χ1v) is 9.14. The number of hydrogen-bond acceptors (Lipinski definition) is 3. The number of rotatable bonds is 4. The van der Waals surface area contributed by atoms with Gasteiger partial charge in [0.1, 0.15) is 0 Å². The second-order valence-corrected chi connectivity index (χ2v) is 7.13. The molecule has 126 valence electrons. The van der Waals surface area contributed by atoms with E-state index in [0.29, 0.717) is 0 Å². The molecule has 3 rings (SSSR count). The Labute approximate surface area is 157 Å². The van der Waals surface area contributed by atoms with Crippen LogP contribution in [0.4, 0.5) is 0 Å². The summed E-state index contributed by atoms with van der Waals surface area (Å²) < 4.78 is 0. The third kappa shape index (κ3) is 3.78. The Kier molecular flexibility index (Phi) is 5.26. The molecule has 0 aliphatic rings. The standard InChI is InChI=1S/C20H19N3S2/c1-13-17(15-9-5-3-6-10-15)19(16-11-7-4-8-12-16)25-18(13)14(2)22-23-20(21)24/h3-12H,1-2H3,(H3,21,23,24)/b22-14+. The molecule has 0 aliphatic carbocycles. The third-order valence-corrected chi connectivity index (χ3v) is 5.45. The Hall–Kier alpha value is -2.50. The largest absolute Gasteiger partial charge is 0.375 e. The maximum absolute atomic E-state index is 5.49. The van der Waals surface area contributed by atoms with E-state index in [1.54, 1.807) is 11.3 Å². The molecule has 0 bridgehead atoms. The molecule has 25 heavy (non-hydrogen) atoms. The monoisotopic (exact) mass is 365 g/mol. The molecule has 3 nitrogen and oxygen atoms in total. The second-order valence-electron chi connectivity index (χ2n) is 5.67. The molecule has 0 fully saturated rings.